The molecule has 35 heavy (non-hydrogen) atoms. The van der Waals surface area contributed by atoms with Gasteiger partial charge < -0.3 is 14.0 Å². The summed E-state index contributed by atoms with van der Waals surface area (Å²) in [5.41, 5.74) is 2.71. The molecule has 0 N–H and O–H groups in total. The molecule has 0 aliphatic heterocycles. The van der Waals surface area contributed by atoms with E-state index < -0.39 is 10.5 Å². The van der Waals surface area contributed by atoms with Crippen molar-refractivity contribution in [2.24, 2.45) is 7.05 Å². The fourth-order valence-electron chi connectivity index (χ4n) is 3.90. The molecule has 0 aliphatic carbocycles. The number of nitro groups is 1. The van der Waals surface area contributed by atoms with E-state index in [2.05, 4.69) is 16.7 Å². The number of rotatable bonds is 7. The quantitative estimate of drug-likeness (QED) is 0.132. The van der Waals surface area contributed by atoms with Gasteiger partial charge in [0, 0.05) is 42.4 Å². The van der Waals surface area contributed by atoms with E-state index in [-0.39, 0.29) is 18.0 Å². The van der Waals surface area contributed by atoms with Crippen molar-refractivity contribution in [2.75, 3.05) is 26.4 Å². The zero-order chi connectivity index (χ0) is 24.9. The molecule has 0 spiro atoms. The first-order valence-electron chi connectivity index (χ1n) is 10.9. The summed E-state index contributed by atoms with van der Waals surface area (Å²) < 4.78 is 14.0. The zero-order valence-corrected chi connectivity index (χ0v) is 19.3. The zero-order valence-electron chi connectivity index (χ0n) is 19.3. The lowest BCUT2D eigenvalue weighted by Gasteiger charge is -2.10. The maximum absolute atomic E-state index is 13.2. The molecule has 176 valence electrons. The van der Waals surface area contributed by atoms with E-state index in [1.165, 1.54) is 28.8 Å². The summed E-state index contributed by atoms with van der Waals surface area (Å²) in [5, 5.41) is 11.9. The van der Waals surface area contributed by atoms with Crippen LogP contribution in [0.25, 0.3) is 32.5 Å². The second-order valence-corrected chi connectivity index (χ2v) is 7.63. The van der Waals surface area contributed by atoms with Gasteiger partial charge in [0.25, 0.3) is 16.9 Å². The highest BCUT2D eigenvalue weighted by atomic mass is 16.6. The van der Waals surface area contributed by atoms with Gasteiger partial charge in [0.2, 0.25) is 0 Å². The number of non-ortho nitro benzene ring substituents is 1. The molecule has 0 unspecified atom stereocenters. The second kappa shape index (κ2) is 10.2. The van der Waals surface area contributed by atoms with E-state index in [0.717, 1.165) is 16.5 Å². The van der Waals surface area contributed by atoms with E-state index in [4.69, 9.17) is 16.0 Å². The Kier molecular flexibility index (Phi) is 6.93. The van der Waals surface area contributed by atoms with E-state index in [0.29, 0.717) is 36.5 Å². The van der Waals surface area contributed by atoms with Crippen LogP contribution in [0, 0.1) is 28.5 Å². The minimum absolute atomic E-state index is 0.0361. The van der Waals surface area contributed by atoms with Gasteiger partial charge in [-0.25, -0.2) is 4.85 Å². The van der Waals surface area contributed by atoms with Crippen LogP contribution in [0.4, 0.5) is 11.4 Å². The predicted octanol–water partition coefficient (Wildman–Crippen LogP) is 4.35. The Labute approximate surface area is 201 Å². The largest absolute Gasteiger partial charge is 0.379 e. The van der Waals surface area contributed by atoms with Gasteiger partial charge in [-0.3, -0.25) is 19.5 Å². The van der Waals surface area contributed by atoms with Crippen molar-refractivity contribution >= 4 is 33.3 Å². The summed E-state index contributed by atoms with van der Waals surface area (Å²) in [5.74, 6) is 6.07. The first-order valence-corrected chi connectivity index (χ1v) is 10.9. The summed E-state index contributed by atoms with van der Waals surface area (Å²) in [6, 6.07) is 13.0. The van der Waals surface area contributed by atoms with Gasteiger partial charge in [-0.2, -0.15) is 0 Å². The topological polar surface area (TPSA) is 92.9 Å². The number of aryl methyl sites for hydroxylation is 1. The molecule has 0 aliphatic rings. The SMILES string of the molecule is [C-]#[N+]c1cc2c(c3cc(C#CCOCCOCC)ccc3n2C)n(-c2ccc([N+](=O)[O-])cc2)c1=O. The van der Waals surface area contributed by atoms with Gasteiger partial charge in [-0.05, 0) is 43.3 Å². The number of aromatic nitrogens is 2. The van der Waals surface area contributed by atoms with Gasteiger partial charge >= 0.3 is 0 Å². The number of benzene rings is 2. The number of fused-ring (bicyclic) bond motifs is 3. The maximum atomic E-state index is 13.2. The molecule has 9 nitrogen and oxygen atoms in total. The van der Waals surface area contributed by atoms with E-state index in [1.54, 1.807) is 6.07 Å². The summed E-state index contributed by atoms with van der Waals surface area (Å²) in [4.78, 5) is 27.2. The molecule has 4 rings (SSSR count). The van der Waals surface area contributed by atoms with E-state index >= 15 is 0 Å². The van der Waals surface area contributed by atoms with Gasteiger partial charge in [0.1, 0.15) is 6.61 Å². The molecule has 0 amide bonds. The van der Waals surface area contributed by atoms with Crippen molar-refractivity contribution in [1.82, 2.24) is 9.13 Å². The van der Waals surface area contributed by atoms with Crippen molar-refractivity contribution in [1.29, 1.82) is 0 Å². The van der Waals surface area contributed by atoms with Crippen molar-refractivity contribution in [3.63, 3.8) is 0 Å². The Hall–Kier alpha value is -4.44. The van der Waals surface area contributed by atoms with Crippen LogP contribution in [0.2, 0.25) is 0 Å². The van der Waals surface area contributed by atoms with Gasteiger partial charge in [-0.15, -0.1) is 0 Å². The second-order valence-electron chi connectivity index (χ2n) is 7.63. The minimum Gasteiger partial charge on any atom is -0.379 e. The highest BCUT2D eigenvalue weighted by molar-refractivity contribution is 6.07. The van der Waals surface area contributed by atoms with Crippen LogP contribution >= 0.6 is 0 Å². The van der Waals surface area contributed by atoms with Crippen LogP contribution < -0.4 is 5.56 Å². The molecule has 2 aromatic heterocycles. The first-order chi connectivity index (χ1) is 17.0. The number of hydrogen-bond donors (Lipinski definition) is 0. The Bertz CT molecular complexity index is 1580. The molecule has 0 bridgehead atoms. The van der Waals surface area contributed by atoms with Gasteiger partial charge in [0.05, 0.1) is 41.3 Å². The van der Waals surface area contributed by atoms with Crippen LogP contribution in [0.15, 0.2) is 53.3 Å². The average Bonchev–Trinajstić information content (AvgIpc) is 3.14. The fraction of sp³-hybridized carbons (Fsp3) is 0.231. The molecule has 2 aromatic carbocycles. The Morgan fingerprint density at radius 2 is 1.83 bits per heavy atom. The lowest BCUT2D eigenvalue weighted by atomic mass is 10.1. The van der Waals surface area contributed by atoms with E-state index in [1.807, 2.05) is 36.7 Å². The molecule has 0 saturated carbocycles. The smallest absolute Gasteiger partial charge is 0.269 e. The number of nitro benzene ring substituents is 1. The van der Waals surface area contributed by atoms with Gasteiger partial charge in [0.15, 0.2) is 0 Å². The predicted molar refractivity (Wildman–Crippen MR) is 133 cm³/mol. The highest BCUT2D eigenvalue weighted by Crippen LogP contribution is 2.32. The minimum atomic E-state index is -0.499. The molecular formula is C26H22N4O5. The Balaban J connectivity index is 1.84. The molecule has 0 atom stereocenters. The highest BCUT2D eigenvalue weighted by Gasteiger charge is 2.18. The van der Waals surface area contributed by atoms with Crippen molar-refractivity contribution < 1.29 is 14.4 Å². The first kappa shape index (κ1) is 23.7. The molecular weight excluding hydrogens is 448 g/mol. The summed E-state index contributed by atoms with van der Waals surface area (Å²) >= 11 is 0. The summed E-state index contributed by atoms with van der Waals surface area (Å²) in [7, 11) is 1.86. The number of pyridine rings is 1. The third-order valence-electron chi connectivity index (χ3n) is 5.56. The van der Waals surface area contributed by atoms with E-state index in [9.17, 15) is 14.9 Å². The Morgan fingerprint density at radius 3 is 2.51 bits per heavy atom. The van der Waals surface area contributed by atoms with Gasteiger partial charge in [-0.1, -0.05) is 11.8 Å². The van der Waals surface area contributed by atoms with Crippen molar-refractivity contribution in [3.8, 4) is 17.5 Å². The molecule has 2 heterocycles. The van der Waals surface area contributed by atoms with Crippen LogP contribution in [0.3, 0.4) is 0 Å². The lowest BCUT2D eigenvalue weighted by Crippen LogP contribution is -2.18. The fourth-order valence-corrected chi connectivity index (χ4v) is 3.90. The standard InChI is InChI=1S/C26H22N4O5/c1-4-34-14-15-35-13-5-6-18-7-12-23-21(16-18)25-24(28(23)3)17-22(27-2)26(31)29(25)19-8-10-20(11-9-19)30(32)33/h7-12,16-17H,4,13-15H2,1,3H3. The van der Waals surface area contributed by atoms with Crippen LogP contribution in [-0.2, 0) is 16.5 Å². The third-order valence-corrected chi connectivity index (χ3v) is 5.56. The van der Waals surface area contributed by atoms with Crippen molar-refractivity contribution in [3.05, 3.63) is 86.0 Å². The summed E-state index contributed by atoms with van der Waals surface area (Å²) in [6.45, 7) is 11.3. The van der Waals surface area contributed by atoms with Crippen molar-refractivity contribution in [2.45, 2.75) is 6.92 Å². The average molecular weight is 470 g/mol. The van der Waals surface area contributed by atoms with Crippen LogP contribution in [-0.4, -0.2) is 40.5 Å². The molecule has 9 heteroatoms. The number of nitrogens with zero attached hydrogens (tertiary/aromatic N) is 4. The molecule has 4 aromatic rings. The molecule has 0 saturated heterocycles. The van der Waals surface area contributed by atoms with Crippen LogP contribution in [0.5, 0.6) is 0 Å². The molecule has 0 fully saturated rings. The van der Waals surface area contributed by atoms with Crippen LogP contribution in [0.1, 0.15) is 12.5 Å². The normalized spacial score (nSPS) is 10.8. The monoisotopic (exact) mass is 470 g/mol. The number of hydrogen-bond acceptors (Lipinski definition) is 5. The lowest BCUT2D eigenvalue weighted by molar-refractivity contribution is -0.384. The Morgan fingerprint density at radius 1 is 1.09 bits per heavy atom. The third kappa shape index (κ3) is 4.64. The molecule has 0 radical (unpaired) electrons. The number of ether oxygens (including phenoxy) is 2. The summed E-state index contributed by atoms with van der Waals surface area (Å²) in [6.07, 6.45) is 0. The maximum Gasteiger partial charge on any atom is 0.269 e.